The molecule has 1 aromatic heterocycles. The highest BCUT2D eigenvalue weighted by molar-refractivity contribution is 14.1. The number of amides is 1. The normalized spacial score (nSPS) is 10.7. The fourth-order valence-electron chi connectivity index (χ4n) is 2.20. The highest BCUT2D eigenvalue weighted by Crippen LogP contribution is 2.17. The molecule has 3 rings (SSSR count). The number of thiophene rings is 1. The number of benzene rings is 2. The maximum absolute atomic E-state index is 12.2. The number of carbonyl (C=O) groups is 2. The first-order valence-corrected chi connectivity index (χ1v) is 9.99. The van der Waals surface area contributed by atoms with E-state index in [1.165, 1.54) is 17.6 Å². The molecule has 7 heteroatoms. The number of hydrogen-bond donors (Lipinski definition) is 1. The lowest BCUT2D eigenvalue weighted by atomic mass is 10.2. The van der Waals surface area contributed by atoms with Crippen molar-refractivity contribution in [3.63, 3.8) is 0 Å². The molecular weight excluding hydrogens is 475 g/mol. The van der Waals surface area contributed by atoms with Gasteiger partial charge < -0.3 is 4.74 Å². The Hall–Kier alpha value is -2.52. The van der Waals surface area contributed by atoms with Crippen molar-refractivity contribution in [2.75, 3.05) is 0 Å². The predicted molar refractivity (Wildman–Crippen MR) is 114 cm³/mol. The number of carbonyl (C=O) groups excluding carboxylic acids is 2. The molecule has 0 saturated carbocycles. The molecule has 0 radical (unpaired) electrons. The second kappa shape index (κ2) is 9.43. The van der Waals surface area contributed by atoms with Gasteiger partial charge in [-0.3, -0.25) is 4.79 Å². The lowest BCUT2D eigenvalue weighted by Crippen LogP contribution is -2.19. The third kappa shape index (κ3) is 5.73. The molecule has 1 amide bonds. The van der Waals surface area contributed by atoms with E-state index in [4.69, 9.17) is 4.74 Å². The van der Waals surface area contributed by atoms with Gasteiger partial charge in [-0.25, -0.2) is 10.2 Å². The Labute approximate surface area is 174 Å². The zero-order valence-electron chi connectivity index (χ0n) is 14.1. The minimum absolute atomic E-state index is 0.170. The third-order valence-electron chi connectivity index (χ3n) is 3.50. The van der Waals surface area contributed by atoms with E-state index in [-0.39, 0.29) is 5.91 Å². The highest BCUT2D eigenvalue weighted by Gasteiger charge is 2.11. The summed E-state index contributed by atoms with van der Waals surface area (Å²) in [5.74, 6) is -0.127. The fraction of sp³-hybridized carbons (Fsp3) is 0.0500. The molecule has 3 aromatic rings. The van der Waals surface area contributed by atoms with Gasteiger partial charge in [0, 0.05) is 8.45 Å². The van der Waals surface area contributed by atoms with Crippen molar-refractivity contribution < 1.29 is 14.3 Å². The molecule has 1 heterocycles. The molecule has 0 fully saturated rings. The van der Waals surface area contributed by atoms with Crippen LogP contribution in [0, 0.1) is 3.57 Å². The summed E-state index contributed by atoms with van der Waals surface area (Å²) in [6.45, 7) is 0. The van der Waals surface area contributed by atoms with Crippen molar-refractivity contribution in [1.29, 1.82) is 0 Å². The van der Waals surface area contributed by atoms with Crippen LogP contribution in [0.3, 0.4) is 0 Å². The van der Waals surface area contributed by atoms with E-state index in [9.17, 15) is 9.59 Å². The number of nitrogens with one attached hydrogen (secondary N) is 1. The van der Waals surface area contributed by atoms with E-state index in [0.717, 1.165) is 14.0 Å². The molecule has 0 bridgehead atoms. The van der Waals surface area contributed by atoms with Crippen molar-refractivity contribution in [3.05, 3.63) is 85.6 Å². The van der Waals surface area contributed by atoms with Gasteiger partial charge >= 0.3 is 5.97 Å². The van der Waals surface area contributed by atoms with E-state index in [1.807, 2.05) is 29.6 Å². The zero-order chi connectivity index (χ0) is 19.1. The Morgan fingerprint density at radius 3 is 2.56 bits per heavy atom. The molecule has 0 atom stereocenters. The van der Waals surface area contributed by atoms with Gasteiger partial charge in [0.25, 0.3) is 0 Å². The molecule has 0 spiro atoms. The zero-order valence-corrected chi connectivity index (χ0v) is 17.1. The highest BCUT2D eigenvalue weighted by atomic mass is 127. The van der Waals surface area contributed by atoms with E-state index in [2.05, 4.69) is 33.1 Å². The van der Waals surface area contributed by atoms with Gasteiger partial charge in [0.1, 0.15) is 5.75 Å². The molecule has 27 heavy (non-hydrogen) atoms. The molecule has 0 aliphatic rings. The van der Waals surface area contributed by atoms with Gasteiger partial charge in [-0.2, -0.15) is 5.10 Å². The van der Waals surface area contributed by atoms with Crippen molar-refractivity contribution >= 4 is 52.0 Å². The van der Waals surface area contributed by atoms with E-state index < -0.39 is 5.97 Å². The molecule has 5 nitrogen and oxygen atoms in total. The molecule has 0 aliphatic heterocycles. The molecule has 136 valence electrons. The van der Waals surface area contributed by atoms with E-state index in [1.54, 1.807) is 36.4 Å². The van der Waals surface area contributed by atoms with Crippen LogP contribution >= 0.6 is 33.9 Å². The number of rotatable bonds is 6. The number of esters is 1. The van der Waals surface area contributed by atoms with Crippen molar-refractivity contribution in [2.45, 2.75) is 6.42 Å². The lowest BCUT2D eigenvalue weighted by Gasteiger charge is -2.06. The largest absolute Gasteiger partial charge is 0.423 e. The first-order chi connectivity index (χ1) is 13.1. The second-order valence-electron chi connectivity index (χ2n) is 5.49. The van der Waals surface area contributed by atoms with Crippen LogP contribution in [0.2, 0.25) is 0 Å². The van der Waals surface area contributed by atoms with Crippen LogP contribution in [-0.2, 0) is 11.2 Å². The second-order valence-corrected chi connectivity index (χ2v) is 7.68. The van der Waals surface area contributed by atoms with Crippen LogP contribution in [0.15, 0.2) is 71.1 Å². The number of ether oxygens (including phenoxy) is 1. The summed E-state index contributed by atoms with van der Waals surface area (Å²) in [5.41, 5.74) is 3.80. The third-order valence-corrected chi connectivity index (χ3v) is 5.32. The summed E-state index contributed by atoms with van der Waals surface area (Å²) in [4.78, 5) is 24.9. The quantitative estimate of drug-likeness (QED) is 0.185. The maximum atomic E-state index is 12.2. The Bertz CT molecular complexity index is 954. The Morgan fingerprint density at radius 1 is 1.07 bits per heavy atom. The Morgan fingerprint density at radius 2 is 1.85 bits per heavy atom. The number of nitrogens with zero attached hydrogens (tertiary/aromatic N) is 1. The Balaban J connectivity index is 1.53. The van der Waals surface area contributed by atoms with Crippen molar-refractivity contribution in [2.24, 2.45) is 5.10 Å². The molecule has 1 N–H and O–H groups in total. The van der Waals surface area contributed by atoms with Crippen LogP contribution in [0.25, 0.3) is 0 Å². The summed E-state index contributed by atoms with van der Waals surface area (Å²) in [6, 6.07) is 17.9. The molecule has 0 unspecified atom stereocenters. The molecule has 0 aliphatic carbocycles. The summed E-state index contributed by atoms with van der Waals surface area (Å²) in [5, 5.41) is 5.87. The number of hydrazone groups is 1. The van der Waals surface area contributed by atoms with Crippen molar-refractivity contribution in [3.8, 4) is 5.75 Å². The number of hydrogen-bond acceptors (Lipinski definition) is 5. The van der Waals surface area contributed by atoms with Gasteiger partial charge in [0.05, 0.1) is 18.2 Å². The summed E-state index contributed by atoms with van der Waals surface area (Å²) in [6.07, 6.45) is 1.85. The van der Waals surface area contributed by atoms with Crippen LogP contribution in [0.1, 0.15) is 20.8 Å². The predicted octanol–water partition coefficient (Wildman–Crippen LogP) is 4.26. The molecule has 2 aromatic carbocycles. The standard InChI is InChI=1S/C20H15IN2O3S/c21-18-6-2-1-5-17(18)20(25)26-15-9-7-14(8-10-15)13-22-23-19(24)12-16-4-3-11-27-16/h1-11,13H,12H2,(H,23,24)/b22-13-. The summed E-state index contributed by atoms with van der Waals surface area (Å²) < 4.78 is 6.22. The first-order valence-electron chi connectivity index (χ1n) is 8.03. The first kappa shape index (κ1) is 19.2. The van der Waals surface area contributed by atoms with Crippen LogP contribution in [0.5, 0.6) is 5.75 Å². The van der Waals surface area contributed by atoms with E-state index >= 15 is 0 Å². The topological polar surface area (TPSA) is 67.8 Å². The minimum atomic E-state index is -0.401. The summed E-state index contributed by atoms with van der Waals surface area (Å²) in [7, 11) is 0. The minimum Gasteiger partial charge on any atom is -0.423 e. The van der Waals surface area contributed by atoms with Crippen LogP contribution in [-0.4, -0.2) is 18.1 Å². The van der Waals surface area contributed by atoms with E-state index in [0.29, 0.717) is 17.7 Å². The van der Waals surface area contributed by atoms with Crippen LogP contribution in [0.4, 0.5) is 0 Å². The average molecular weight is 490 g/mol. The van der Waals surface area contributed by atoms with Gasteiger partial charge in [-0.05, 0) is 76.0 Å². The number of halogens is 1. The van der Waals surface area contributed by atoms with Crippen LogP contribution < -0.4 is 10.2 Å². The van der Waals surface area contributed by atoms with Crippen molar-refractivity contribution in [1.82, 2.24) is 5.43 Å². The smallest absolute Gasteiger partial charge is 0.344 e. The molecular formula is C20H15IN2O3S. The van der Waals surface area contributed by atoms with Gasteiger partial charge in [0.15, 0.2) is 0 Å². The van der Waals surface area contributed by atoms with Gasteiger partial charge in [-0.1, -0.05) is 18.2 Å². The summed E-state index contributed by atoms with van der Waals surface area (Å²) >= 11 is 3.63. The lowest BCUT2D eigenvalue weighted by molar-refractivity contribution is -0.120. The average Bonchev–Trinajstić information content (AvgIpc) is 3.16. The monoisotopic (exact) mass is 490 g/mol. The Kier molecular flexibility index (Phi) is 6.72. The molecule has 0 saturated heterocycles. The SMILES string of the molecule is O=C(Cc1cccs1)N/N=C\c1ccc(OC(=O)c2ccccc2I)cc1. The maximum Gasteiger partial charge on any atom is 0.344 e. The fourth-order valence-corrected chi connectivity index (χ4v) is 3.51. The van der Waals surface area contributed by atoms with Gasteiger partial charge in [-0.15, -0.1) is 11.3 Å². The van der Waals surface area contributed by atoms with Gasteiger partial charge in [0.2, 0.25) is 5.91 Å².